The highest BCUT2D eigenvalue weighted by atomic mass is 79.9. The van der Waals surface area contributed by atoms with Crippen molar-refractivity contribution in [1.82, 2.24) is 0 Å². The number of halogens is 2. The van der Waals surface area contributed by atoms with E-state index in [-0.39, 0.29) is 12.5 Å². The topological polar surface area (TPSA) is 63.7 Å². The van der Waals surface area contributed by atoms with Gasteiger partial charge in [-0.15, -0.1) is 0 Å². The number of ether oxygens (including phenoxy) is 1. The Morgan fingerprint density at radius 3 is 2.37 bits per heavy atom. The van der Waals surface area contributed by atoms with Gasteiger partial charge in [0.2, 0.25) is 11.8 Å². The van der Waals surface area contributed by atoms with Crippen molar-refractivity contribution in [3.8, 4) is 0 Å². The quantitative estimate of drug-likeness (QED) is 0.528. The summed E-state index contributed by atoms with van der Waals surface area (Å²) in [5.41, 5.74) is -0.134. The minimum absolute atomic E-state index is 0.192. The van der Waals surface area contributed by atoms with Crippen LogP contribution in [0.1, 0.15) is 12.5 Å². The molecule has 0 radical (unpaired) electrons. The third-order valence-electron chi connectivity index (χ3n) is 5.20. The number of hydrogen-bond acceptors (Lipinski definition) is 4. The molecule has 1 saturated heterocycles. The van der Waals surface area contributed by atoms with Crippen LogP contribution in [-0.4, -0.2) is 24.4 Å². The lowest BCUT2D eigenvalue weighted by atomic mass is 9.91. The largest absolute Gasteiger partial charge is 0.466 e. The van der Waals surface area contributed by atoms with Gasteiger partial charge in [-0.2, -0.15) is 0 Å². The van der Waals surface area contributed by atoms with Gasteiger partial charge in [-0.3, -0.25) is 14.4 Å². The highest BCUT2D eigenvalue weighted by molar-refractivity contribution is 9.10. The van der Waals surface area contributed by atoms with E-state index in [9.17, 15) is 14.4 Å². The van der Waals surface area contributed by atoms with Crippen molar-refractivity contribution in [2.45, 2.75) is 12.3 Å². The van der Waals surface area contributed by atoms with Crippen LogP contribution in [0.3, 0.4) is 0 Å². The molecule has 2 aliphatic rings. The molecule has 3 unspecified atom stereocenters. The fourth-order valence-corrected chi connectivity index (χ4v) is 4.40. The molecule has 0 aromatic heterocycles. The first-order valence-electron chi connectivity index (χ1n) is 8.49. The number of benzene rings is 2. The Kier molecular flexibility index (Phi) is 4.35. The summed E-state index contributed by atoms with van der Waals surface area (Å²) in [6.07, 6.45) is 0. The number of hydrogen-bond donors (Lipinski definition) is 0. The van der Waals surface area contributed by atoms with E-state index in [1.807, 2.05) is 0 Å². The van der Waals surface area contributed by atoms with Crippen LogP contribution in [0.4, 0.5) is 5.69 Å². The maximum atomic E-state index is 13.4. The Labute approximate surface area is 169 Å². The summed E-state index contributed by atoms with van der Waals surface area (Å²) in [4.78, 5) is 40.1. The van der Waals surface area contributed by atoms with Gasteiger partial charge in [0.25, 0.3) is 0 Å². The molecule has 2 amide bonds. The van der Waals surface area contributed by atoms with E-state index < -0.39 is 29.1 Å². The van der Waals surface area contributed by atoms with Gasteiger partial charge in [0.15, 0.2) is 0 Å². The Bertz CT molecular complexity index is 943. The second kappa shape index (κ2) is 6.46. The zero-order valence-corrected chi connectivity index (χ0v) is 16.7. The number of imide groups is 1. The van der Waals surface area contributed by atoms with Crippen LogP contribution in [0.15, 0.2) is 53.0 Å². The van der Waals surface area contributed by atoms with E-state index in [2.05, 4.69) is 15.9 Å². The third-order valence-corrected chi connectivity index (χ3v) is 5.98. The van der Waals surface area contributed by atoms with Gasteiger partial charge in [-0.1, -0.05) is 39.7 Å². The van der Waals surface area contributed by atoms with Gasteiger partial charge in [0, 0.05) is 9.50 Å². The highest BCUT2D eigenvalue weighted by Gasteiger charge is 2.83. The van der Waals surface area contributed by atoms with Crippen LogP contribution in [0.5, 0.6) is 0 Å². The Hall–Kier alpha value is -2.18. The first-order chi connectivity index (χ1) is 12.9. The fraction of sp³-hybridized carbons (Fsp3) is 0.250. The molecule has 7 heteroatoms. The summed E-state index contributed by atoms with van der Waals surface area (Å²) in [6.45, 7) is 1.89. The molecule has 5 nitrogen and oxygen atoms in total. The van der Waals surface area contributed by atoms with Crippen molar-refractivity contribution in [2.24, 2.45) is 11.8 Å². The van der Waals surface area contributed by atoms with E-state index in [1.165, 1.54) is 4.90 Å². The summed E-state index contributed by atoms with van der Waals surface area (Å²) in [7, 11) is 0. The van der Waals surface area contributed by atoms with Gasteiger partial charge in [-0.05, 0) is 48.9 Å². The molecule has 2 fully saturated rings. The predicted octanol–water partition coefficient (Wildman–Crippen LogP) is 3.72. The summed E-state index contributed by atoms with van der Waals surface area (Å²) in [5, 5.41) is 0.515. The van der Waals surface area contributed by atoms with E-state index in [1.54, 1.807) is 55.5 Å². The molecule has 1 aliphatic heterocycles. The average molecular weight is 449 g/mol. The second-order valence-electron chi connectivity index (χ2n) is 6.54. The van der Waals surface area contributed by atoms with Gasteiger partial charge in [-0.25, -0.2) is 4.90 Å². The number of carbonyl (C=O) groups excluding carboxylic acids is 3. The molecule has 2 aromatic rings. The average Bonchev–Trinajstić information content (AvgIpc) is 3.29. The number of carbonyl (C=O) groups is 3. The van der Waals surface area contributed by atoms with E-state index in [4.69, 9.17) is 16.3 Å². The van der Waals surface area contributed by atoms with Crippen LogP contribution in [0.25, 0.3) is 0 Å². The van der Waals surface area contributed by atoms with Crippen LogP contribution in [-0.2, 0) is 24.5 Å². The highest BCUT2D eigenvalue weighted by Crippen LogP contribution is 2.66. The number of piperidine rings is 1. The van der Waals surface area contributed by atoms with Crippen molar-refractivity contribution >= 4 is 51.0 Å². The lowest BCUT2D eigenvalue weighted by Gasteiger charge is -2.22. The summed E-state index contributed by atoms with van der Waals surface area (Å²) in [6, 6.07) is 13.6. The second-order valence-corrected chi connectivity index (χ2v) is 7.89. The smallest absolute Gasteiger partial charge is 0.311 e. The first kappa shape index (κ1) is 18.2. The summed E-state index contributed by atoms with van der Waals surface area (Å²) < 4.78 is 5.97. The van der Waals surface area contributed by atoms with Crippen LogP contribution in [0.2, 0.25) is 5.02 Å². The molecule has 1 saturated carbocycles. The molecule has 1 heterocycles. The molecule has 3 atom stereocenters. The molecule has 0 spiro atoms. The molecule has 2 aromatic carbocycles. The van der Waals surface area contributed by atoms with E-state index >= 15 is 0 Å². The third kappa shape index (κ3) is 2.54. The van der Waals surface area contributed by atoms with Crippen molar-refractivity contribution in [1.29, 1.82) is 0 Å². The number of amides is 2. The van der Waals surface area contributed by atoms with Gasteiger partial charge in [0.1, 0.15) is 5.41 Å². The predicted molar refractivity (Wildman–Crippen MR) is 103 cm³/mol. The van der Waals surface area contributed by atoms with Gasteiger partial charge >= 0.3 is 5.97 Å². The van der Waals surface area contributed by atoms with Crippen LogP contribution in [0, 0.1) is 11.8 Å². The van der Waals surface area contributed by atoms with Crippen LogP contribution < -0.4 is 4.90 Å². The zero-order chi connectivity index (χ0) is 19.3. The lowest BCUT2D eigenvalue weighted by Crippen LogP contribution is -2.40. The normalized spacial score (nSPS) is 26.1. The van der Waals surface area contributed by atoms with Crippen molar-refractivity contribution in [3.63, 3.8) is 0 Å². The number of rotatable bonds is 4. The fourth-order valence-electron chi connectivity index (χ4n) is 4.01. The van der Waals surface area contributed by atoms with Crippen molar-refractivity contribution in [2.75, 3.05) is 11.5 Å². The monoisotopic (exact) mass is 447 g/mol. The molecule has 1 aliphatic carbocycles. The minimum atomic E-state index is -1.22. The number of anilines is 1. The number of esters is 1. The molecule has 0 N–H and O–H groups in total. The standard InChI is InChI=1S/C20H15BrClNO4/c1-2-27-18(25)16-15-17(24)23(14-9-5-12(21)6-10-14)19(26)20(15,16)11-3-7-13(22)8-4-11/h3-10,15-16H,2H2,1H3. The SMILES string of the molecule is CCOC(=O)C1C2C(=O)N(c3ccc(Br)cc3)C(=O)C12c1ccc(Cl)cc1. The maximum absolute atomic E-state index is 13.4. The van der Waals surface area contributed by atoms with Crippen LogP contribution >= 0.6 is 27.5 Å². The van der Waals surface area contributed by atoms with Crippen molar-refractivity contribution in [3.05, 3.63) is 63.6 Å². The summed E-state index contributed by atoms with van der Waals surface area (Å²) in [5.74, 6) is -2.86. The number of nitrogens with zero attached hydrogens (tertiary/aromatic N) is 1. The molecule has 27 heavy (non-hydrogen) atoms. The minimum Gasteiger partial charge on any atom is -0.466 e. The maximum Gasteiger partial charge on any atom is 0.311 e. The van der Waals surface area contributed by atoms with Crippen molar-refractivity contribution < 1.29 is 19.1 Å². The van der Waals surface area contributed by atoms with Gasteiger partial charge in [0.05, 0.1) is 24.1 Å². The number of fused-ring (bicyclic) bond motifs is 1. The first-order valence-corrected chi connectivity index (χ1v) is 9.66. The molecule has 4 rings (SSSR count). The Morgan fingerprint density at radius 2 is 1.78 bits per heavy atom. The van der Waals surface area contributed by atoms with E-state index in [0.29, 0.717) is 16.3 Å². The summed E-state index contributed by atoms with van der Waals surface area (Å²) >= 11 is 9.31. The zero-order valence-electron chi connectivity index (χ0n) is 14.3. The lowest BCUT2D eigenvalue weighted by molar-refractivity contribution is -0.147. The Morgan fingerprint density at radius 1 is 1.15 bits per heavy atom. The molecule has 0 bridgehead atoms. The van der Waals surface area contributed by atoms with Gasteiger partial charge < -0.3 is 4.74 Å². The molecule has 138 valence electrons. The molecular formula is C20H15BrClNO4. The molecular weight excluding hydrogens is 434 g/mol. The Balaban J connectivity index is 1.80. The van der Waals surface area contributed by atoms with E-state index in [0.717, 1.165) is 4.47 Å².